The van der Waals surface area contributed by atoms with Crippen molar-refractivity contribution >= 4 is 57.1 Å². The molecule has 0 aliphatic rings. The zero-order valence-electron chi connectivity index (χ0n) is 8.53. The molecule has 84 valence electrons. The molecule has 2 nitrogen and oxygen atoms in total. The van der Waals surface area contributed by atoms with E-state index in [4.69, 9.17) is 0 Å². The van der Waals surface area contributed by atoms with E-state index in [9.17, 15) is 0 Å². The van der Waals surface area contributed by atoms with Crippen LogP contribution in [0.3, 0.4) is 0 Å². The third-order valence-corrected chi connectivity index (χ3v) is 3.01. The van der Waals surface area contributed by atoms with Crippen LogP contribution in [0.15, 0.2) is 60.7 Å². The largest absolute Gasteiger partial charge is 0.328 e. The molecule has 0 radical (unpaired) electrons. The maximum Gasteiger partial charge on any atom is 0.0560 e. The molecule has 0 unspecified atom stereocenters. The van der Waals surface area contributed by atoms with Crippen molar-refractivity contribution in [3.8, 4) is 0 Å². The van der Waals surface area contributed by atoms with Crippen molar-refractivity contribution in [3.05, 3.63) is 60.7 Å². The Morgan fingerprint density at radius 3 is 1.06 bits per heavy atom. The zero-order valence-corrected chi connectivity index (χ0v) is 12.8. The second-order valence-corrected chi connectivity index (χ2v) is 4.00. The van der Waals surface area contributed by atoms with Crippen LogP contribution in [-0.4, -0.2) is 0 Å². The molecule has 0 fully saturated rings. The van der Waals surface area contributed by atoms with E-state index < -0.39 is 0 Å². The average molecular weight is 438 g/mol. The van der Waals surface area contributed by atoms with Gasteiger partial charge in [0.05, 0.1) is 45.7 Å². The molecule has 2 rings (SSSR count). The van der Waals surface area contributed by atoms with Crippen molar-refractivity contribution in [1.29, 1.82) is 0 Å². The number of halogens is 2. The molecular weight excluding hydrogens is 426 g/mol. The van der Waals surface area contributed by atoms with E-state index in [1.54, 1.807) is 0 Å². The molecule has 0 amide bonds. The Morgan fingerprint density at radius 2 is 0.875 bits per heavy atom. The SMILES string of the molecule is INc1ccccc1.INc1ccccc1. The summed E-state index contributed by atoms with van der Waals surface area (Å²) < 4.78 is 5.99. The highest BCUT2D eigenvalue weighted by Crippen LogP contribution is 2.06. The summed E-state index contributed by atoms with van der Waals surface area (Å²) in [6.07, 6.45) is 0. The minimum atomic E-state index is 1.15. The molecule has 2 aromatic carbocycles. The molecular formula is C12H12I2N2. The second-order valence-electron chi connectivity index (χ2n) is 2.92. The van der Waals surface area contributed by atoms with Crippen molar-refractivity contribution < 1.29 is 0 Å². The number of hydrogen-bond acceptors (Lipinski definition) is 2. The Balaban J connectivity index is 0.000000160. The van der Waals surface area contributed by atoms with Crippen LogP contribution < -0.4 is 7.06 Å². The van der Waals surface area contributed by atoms with Crippen LogP contribution in [0, 0.1) is 0 Å². The quantitative estimate of drug-likeness (QED) is 0.516. The molecule has 0 saturated carbocycles. The van der Waals surface area contributed by atoms with Gasteiger partial charge in [0.2, 0.25) is 0 Å². The third kappa shape index (κ3) is 5.55. The Morgan fingerprint density at radius 1 is 0.562 bits per heavy atom. The molecule has 2 N–H and O–H groups in total. The van der Waals surface area contributed by atoms with Gasteiger partial charge in [-0.2, -0.15) is 0 Å². The summed E-state index contributed by atoms with van der Waals surface area (Å²) in [5.41, 5.74) is 2.29. The van der Waals surface area contributed by atoms with Gasteiger partial charge in [-0.1, -0.05) is 36.4 Å². The first-order chi connectivity index (χ1) is 7.86. The van der Waals surface area contributed by atoms with Gasteiger partial charge >= 0.3 is 0 Å². The molecule has 0 aliphatic heterocycles. The summed E-state index contributed by atoms with van der Waals surface area (Å²) in [6, 6.07) is 20.1. The fraction of sp³-hybridized carbons (Fsp3) is 0. The topological polar surface area (TPSA) is 24.1 Å². The summed E-state index contributed by atoms with van der Waals surface area (Å²) >= 11 is 4.21. The monoisotopic (exact) mass is 438 g/mol. The molecule has 0 aromatic heterocycles. The molecule has 2 aromatic rings. The fourth-order valence-electron chi connectivity index (χ4n) is 1.00. The van der Waals surface area contributed by atoms with Crippen LogP contribution in [0.1, 0.15) is 0 Å². The lowest BCUT2D eigenvalue weighted by Gasteiger charge is -1.91. The van der Waals surface area contributed by atoms with E-state index >= 15 is 0 Å². The van der Waals surface area contributed by atoms with Crippen LogP contribution >= 0.6 is 45.7 Å². The van der Waals surface area contributed by atoms with Gasteiger partial charge in [-0.05, 0) is 24.3 Å². The lowest BCUT2D eigenvalue weighted by molar-refractivity contribution is 1.70. The smallest absolute Gasteiger partial charge is 0.0560 e. The van der Waals surface area contributed by atoms with Crippen molar-refractivity contribution in [3.63, 3.8) is 0 Å². The molecule has 16 heavy (non-hydrogen) atoms. The summed E-state index contributed by atoms with van der Waals surface area (Å²) in [7, 11) is 0. The summed E-state index contributed by atoms with van der Waals surface area (Å²) in [6.45, 7) is 0. The summed E-state index contributed by atoms with van der Waals surface area (Å²) in [4.78, 5) is 0. The third-order valence-electron chi connectivity index (χ3n) is 1.77. The molecule has 0 aliphatic carbocycles. The van der Waals surface area contributed by atoms with Gasteiger partial charge in [0, 0.05) is 11.4 Å². The van der Waals surface area contributed by atoms with Crippen LogP contribution in [-0.2, 0) is 0 Å². The van der Waals surface area contributed by atoms with Crippen molar-refractivity contribution in [2.24, 2.45) is 0 Å². The highest BCUT2D eigenvalue weighted by atomic mass is 127. The van der Waals surface area contributed by atoms with Crippen molar-refractivity contribution in [2.75, 3.05) is 7.06 Å². The molecule has 0 saturated heterocycles. The van der Waals surface area contributed by atoms with Gasteiger partial charge in [0.25, 0.3) is 0 Å². The van der Waals surface area contributed by atoms with E-state index in [0.29, 0.717) is 0 Å². The lowest BCUT2D eigenvalue weighted by Crippen LogP contribution is -1.73. The Bertz CT molecular complexity index is 339. The van der Waals surface area contributed by atoms with E-state index in [-0.39, 0.29) is 0 Å². The van der Waals surface area contributed by atoms with Crippen molar-refractivity contribution in [1.82, 2.24) is 0 Å². The minimum absolute atomic E-state index is 1.15. The predicted molar refractivity (Wildman–Crippen MR) is 88.2 cm³/mol. The summed E-state index contributed by atoms with van der Waals surface area (Å²) in [5.74, 6) is 0. The Kier molecular flexibility index (Phi) is 7.32. The molecule has 0 spiro atoms. The fourth-order valence-corrected chi connectivity index (χ4v) is 1.72. The maximum atomic E-state index is 3.00. The number of rotatable bonds is 2. The van der Waals surface area contributed by atoms with Crippen LogP contribution in [0.4, 0.5) is 11.4 Å². The van der Waals surface area contributed by atoms with Crippen LogP contribution in [0.2, 0.25) is 0 Å². The van der Waals surface area contributed by atoms with Gasteiger partial charge in [0.15, 0.2) is 0 Å². The molecule has 0 bridgehead atoms. The van der Waals surface area contributed by atoms with Crippen molar-refractivity contribution in [2.45, 2.75) is 0 Å². The highest BCUT2D eigenvalue weighted by Gasteiger charge is 1.79. The van der Waals surface area contributed by atoms with E-state index in [1.807, 2.05) is 60.7 Å². The maximum absolute atomic E-state index is 3.00. The first-order valence-corrected chi connectivity index (χ1v) is 6.86. The molecule has 0 heterocycles. The highest BCUT2D eigenvalue weighted by molar-refractivity contribution is 14.1. The zero-order chi connectivity index (χ0) is 11.6. The first kappa shape index (κ1) is 13.6. The van der Waals surface area contributed by atoms with Gasteiger partial charge in [0.1, 0.15) is 0 Å². The number of hydrogen-bond donors (Lipinski definition) is 2. The van der Waals surface area contributed by atoms with Gasteiger partial charge < -0.3 is 7.06 Å². The Hall–Kier alpha value is -0.500. The number of nitrogens with one attached hydrogen (secondary N) is 2. The van der Waals surface area contributed by atoms with Gasteiger partial charge in [-0.15, -0.1) is 0 Å². The Labute approximate surface area is 124 Å². The minimum Gasteiger partial charge on any atom is -0.328 e. The van der Waals surface area contributed by atoms with Crippen LogP contribution in [0.5, 0.6) is 0 Å². The van der Waals surface area contributed by atoms with Gasteiger partial charge in [-0.25, -0.2) is 0 Å². The predicted octanol–water partition coefficient (Wildman–Crippen LogP) is 4.90. The van der Waals surface area contributed by atoms with Gasteiger partial charge in [-0.3, -0.25) is 0 Å². The van der Waals surface area contributed by atoms with E-state index in [0.717, 1.165) is 11.4 Å². The van der Waals surface area contributed by atoms with E-state index in [1.165, 1.54) is 0 Å². The number of para-hydroxylation sites is 2. The molecule has 0 atom stereocenters. The first-order valence-electron chi connectivity index (χ1n) is 4.70. The lowest BCUT2D eigenvalue weighted by atomic mass is 10.3. The average Bonchev–Trinajstić information content (AvgIpc) is 2.41. The standard InChI is InChI=1S/2C6H6IN/c2*7-8-6-4-2-1-3-5-6/h2*1-5,8H. The summed E-state index contributed by atoms with van der Waals surface area (Å²) in [5, 5.41) is 0. The normalized spacial score (nSPS) is 8.62. The number of benzene rings is 2. The second kappa shape index (κ2) is 8.63. The van der Waals surface area contributed by atoms with E-state index in [2.05, 4.69) is 52.8 Å². The number of anilines is 2. The molecule has 4 heteroatoms. The van der Waals surface area contributed by atoms with Crippen LogP contribution in [0.25, 0.3) is 0 Å².